The second-order valence-electron chi connectivity index (χ2n) is 7.79. The Morgan fingerprint density at radius 3 is 2.50 bits per heavy atom. The van der Waals surface area contributed by atoms with Crippen molar-refractivity contribution in [3.05, 3.63) is 65.9 Å². The molecule has 1 aliphatic heterocycles. The number of aryl methyl sites for hydroxylation is 2. The molecule has 1 saturated heterocycles. The number of nitrogens with zero attached hydrogens (tertiary/aromatic N) is 2. The highest BCUT2D eigenvalue weighted by Crippen LogP contribution is 2.27. The van der Waals surface area contributed by atoms with Gasteiger partial charge in [-0.15, -0.1) is 0 Å². The second-order valence-corrected chi connectivity index (χ2v) is 9.73. The van der Waals surface area contributed by atoms with Gasteiger partial charge >= 0.3 is 0 Å². The average Bonchev–Trinajstić information content (AvgIpc) is 2.76. The van der Waals surface area contributed by atoms with E-state index >= 15 is 0 Å². The summed E-state index contributed by atoms with van der Waals surface area (Å²) in [6.45, 7) is 4.54. The second kappa shape index (κ2) is 8.16. The molecular weight excluding hydrogens is 398 g/mol. The number of benzene rings is 2. The predicted molar refractivity (Wildman–Crippen MR) is 118 cm³/mol. The van der Waals surface area contributed by atoms with Gasteiger partial charge in [0.05, 0.1) is 16.1 Å². The van der Waals surface area contributed by atoms with Crippen molar-refractivity contribution in [2.75, 3.05) is 18.4 Å². The van der Waals surface area contributed by atoms with Crippen molar-refractivity contribution in [1.82, 2.24) is 9.29 Å². The van der Waals surface area contributed by atoms with Crippen LogP contribution in [0.25, 0.3) is 10.9 Å². The molecular formula is C23H25N3O3S. The molecule has 0 aliphatic carbocycles. The third-order valence-corrected chi connectivity index (χ3v) is 7.73. The monoisotopic (exact) mass is 423 g/mol. The van der Waals surface area contributed by atoms with Crippen LogP contribution in [0.2, 0.25) is 0 Å². The summed E-state index contributed by atoms with van der Waals surface area (Å²) in [6.07, 6.45) is 2.69. The van der Waals surface area contributed by atoms with Crippen LogP contribution in [-0.4, -0.2) is 36.7 Å². The van der Waals surface area contributed by atoms with Crippen LogP contribution < -0.4 is 5.32 Å². The van der Waals surface area contributed by atoms with Crippen LogP contribution in [-0.2, 0) is 14.8 Å². The van der Waals surface area contributed by atoms with Crippen LogP contribution in [0.4, 0.5) is 5.69 Å². The van der Waals surface area contributed by atoms with Gasteiger partial charge < -0.3 is 5.32 Å². The van der Waals surface area contributed by atoms with E-state index in [0.717, 1.165) is 22.0 Å². The number of aromatic nitrogens is 1. The van der Waals surface area contributed by atoms with Gasteiger partial charge in [0.15, 0.2) is 0 Å². The number of amides is 1. The topological polar surface area (TPSA) is 79.4 Å². The zero-order chi connectivity index (χ0) is 21.3. The Bertz CT molecular complexity index is 1190. The van der Waals surface area contributed by atoms with Crippen molar-refractivity contribution in [3.8, 4) is 0 Å². The van der Waals surface area contributed by atoms with Crippen molar-refractivity contribution in [2.45, 2.75) is 31.6 Å². The van der Waals surface area contributed by atoms with E-state index in [1.54, 1.807) is 18.3 Å². The molecule has 3 aromatic rings. The molecule has 0 bridgehead atoms. The standard InChI is InChI=1S/C23H25N3O3S/c1-16-8-9-20(15-17(16)2)30(28,29)26-13-10-19(11-14-26)23(27)25-21-7-3-5-18-6-4-12-24-22(18)21/h3-9,12,15,19H,10-11,13-14H2,1-2H3,(H,25,27). The Labute approximate surface area is 177 Å². The molecule has 4 rings (SSSR count). The Hall–Kier alpha value is -2.77. The lowest BCUT2D eigenvalue weighted by Gasteiger charge is -2.30. The summed E-state index contributed by atoms with van der Waals surface area (Å²) in [5, 5.41) is 3.95. The van der Waals surface area contributed by atoms with Crippen molar-refractivity contribution in [3.63, 3.8) is 0 Å². The number of carbonyl (C=O) groups is 1. The van der Waals surface area contributed by atoms with Crippen molar-refractivity contribution in [2.24, 2.45) is 5.92 Å². The van der Waals surface area contributed by atoms with E-state index in [1.807, 2.05) is 50.2 Å². The fourth-order valence-electron chi connectivity index (χ4n) is 3.82. The van der Waals surface area contributed by atoms with Crippen LogP contribution in [0, 0.1) is 19.8 Å². The summed E-state index contributed by atoms with van der Waals surface area (Å²) in [7, 11) is -3.55. The minimum atomic E-state index is -3.55. The number of para-hydroxylation sites is 1. The van der Waals surface area contributed by atoms with E-state index in [9.17, 15) is 13.2 Å². The molecule has 30 heavy (non-hydrogen) atoms. The molecule has 0 radical (unpaired) electrons. The van der Waals surface area contributed by atoms with E-state index in [2.05, 4.69) is 10.3 Å². The third-order valence-electron chi connectivity index (χ3n) is 5.83. The molecule has 0 saturated carbocycles. The minimum absolute atomic E-state index is 0.0867. The first-order chi connectivity index (χ1) is 14.4. The highest BCUT2D eigenvalue weighted by molar-refractivity contribution is 7.89. The zero-order valence-corrected chi connectivity index (χ0v) is 17.9. The number of hydrogen-bond acceptors (Lipinski definition) is 4. The smallest absolute Gasteiger partial charge is 0.243 e. The fraction of sp³-hybridized carbons (Fsp3) is 0.304. The largest absolute Gasteiger partial charge is 0.324 e. The first-order valence-corrected chi connectivity index (χ1v) is 11.5. The molecule has 7 heteroatoms. The fourth-order valence-corrected chi connectivity index (χ4v) is 5.38. The number of anilines is 1. The van der Waals surface area contributed by atoms with Gasteiger partial charge in [0, 0.05) is 30.6 Å². The number of carbonyl (C=O) groups excluding carboxylic acids is 1. The van der Waals surface area contributed by atoms with Gasteiger partial charge in [-0.25, -0.2) is 8.42 Å². The molecule has 0 atom stereocenters. The van der Waals surface area contributed by atoms with Gasteiger partial charge in [-0.2, -0.15) is 4.31 Å². The molecule has 156 valence electrons. The maximum absolute atomic E-state index is 13.0. The zero-order valence-electron chi connectivity index (χ0n) is 17.1. The summed E-state index contributed by atoms with van der Waals surface area (Å²) in [5.41, 5.74) is 3.45. The lowest BCUT2D eigenvalue weighted by molar-refractivity contribution is -0.120. The maximum Gasteiger partial charge on any atom is 0.243 e. The number of fused-ring (bicyclic) bond motifs is 1. The molecule has 0 unspecified atom stereocenters. The quantitative estimate of drug-likeness (QED) is 0.690. The van der Waals surface area contributed by atoms with Crippen molar-refractivity contribution in [1.29, 1.82) is 0 Å². The Morgan fingerprint density at radius 2 is 1.77 bits per heavy atom. The number of sulfonamides is 1. The summed E-state index contributed by atoms with van der Waals surface area (Å²) < 4.78 is 27.5. The minimum Gasteiger partial charge on any atom is -0.324 e. The van der Waals surface area contributed by atoms with E-state index in [1.165, 1.54) is 4.31 Å². The Morgan fingerprint density at radius 1 is 1.03 bits per heavy atom. The number of nitrogens with one attached hydrogen (secondary N) is 1. The van der Waals surface area contributed by atoms with E-state index in [4.69, 9.17) is 0 Å². The van der Waals surface area contributed by atoms with Gasteiger partial charge in [0.25, 0.3) is 0 Å². The number of hydrogen-bond donors (Lipinski definition) is 1. The van der Waals surface area contributed by atoms with Gasteiger partial charge in [-0.3, -0.25) is 9.78 Å². The Balaban J connectivity index is 1.43. The van der Waals surface area contributed by atoms with Crippen LogP contribution in [0.15, 0.2) is 59.6 Å². The predicted octanol–water partition coefficient (Wildman–Crippen LogP) is 3.89. The molecule has 1 N–H and O–H groups in total. The molecule has 0 spiro atoms. The highest BCUT2D eigenvalue weighted by atomic mass is 32.2. The first-order valence-electron chi connectivity index (χ1n) is 10.1. The van der Waals surface area contributed by atoms with Crippen molar-refractivity contribution >= 4 is 32.5 Å². The molecule has 1 aliphatic rings. The summed E-state index contributed by atoms with van der Waals surface area (Å²) in [5.74, 6) is -0.313. The summed E-state index contributed by atoms with van der Waals surface area (Å²) in [6, 6.07) is 14.7. The maximum atomic E-state index is 13.0. The molecule has 2 aromatic carbocycles. The lowest BCUT2D eigenvalue weighted by atomic mass is 9.97. The Kier molecular flexibility index (Phi) is 5.58. The molecule has 6 nitrogen and oxygen atoms in total. The normalized spacial score (nSPS) is 15.9. The van der Waals surface area contributed by atoms with Gasteiger partial charge in [0.2, 0.25) is 15.9 Å². The molecule has 1 fully saturated rings. The third kappa shape index (κ3) is 3.95. The number of piperidine rings is 1. The summed E-state index contributed by atoms with van der Waals surface area (Å²) in [4.78, 5) is 17.5. The SMILES string of the molecule is Cc1ccc(S(=O)(=O)N2CCC(C(=O)Nc3cccc4cccnc34)CC2)cc1C. The molecule has 2 heterocycles. The van der Waals surface area contributed by atoms with Gasteiger partial charge in [-0.1, -0.05) is 24.3 Å². The van der Waals surface area contributed by atoms with Crippen molar-refractivity contribution < 1.29 is 13.2 Å². The molecule has 1 aromatic heterocycles. The van der Waals surface area contributed by atoms with Crippen LogP contribution in [0.1, 0.15) is 24.0 Å². The lowest BCUT2D eigenvalue weighted by Crippen LogP contribution is -2.41. The average molecular weight is 424 g/mol. The van der Waals surface area contributed by atoms with Gasteiger partial charge in [0.1, 0.15) is 0 Å². The van der Waals surface area contributed by atoms with E-state index in [0.29, 0.717) is 36.5 Å². The van der Waals surface area contributed by atoms with E-state index < -0.39 is 10.0 Å². The van der Waals surface area contributed by atoms with Crippen LogP contribution >= 0.6 is 0 Å². The van der Waals surface area contributed by atoms with E-state index in [-0.39, 0.29) is 11.8 Å². The summed E-state index contributed by atoms with van der Waals surface area (Å²) >= 11 is 0. The van der Waals surface area contributed by atoms with Gasteiger partial charge in [-0.05, 0) is 62.1 Å². The first kappa shape index (κ1) is 20.5. The molecule has 1 amide bonds. The number of rotatable bonds is 4. The van der Waals surface area contributed by atoms with Crippen LogP contribution in [0.5, 0.6) is 0 Å². The number of pyridine rings is 1. The van der Waals surface area contributed by atoms with Crippen LogP contribution in [0.3, 0.4) is 0 Å². The highest BCUT2D eigenvalue weighted by Gasteiger charge is 2.32.